The number of carbonyl (C=O) groups excluding carboxylic acids is 3. The van der Waals surface area contributed by atoms with Gasteiger partial charge in [-0.15, -0.1) is 0 Å². The van der Waals surface area contributed by atoms with Crippen LogP contribution >= 0.6 is 0 Å². The highest BCUT2D eigenvalue weighted by Crippen LogP contribution is 2.25. The summed E-state index contributed by atoms with van der Waals surface area (Å²) in [5.74, 6) is -0.0899. The first-order valence-corrected chi connectivity index (χ1v) is 9.16. The number of amides is 3. The Bertz CT molecular complexity index is 743. The summed E-state index contributed by atoms with van der Waals surface area (Å²) in [4.78, 5) is 39.0. The highest BCUT2D eigenvalue weighted by atomic mass is 16.6. The Hall–Kier alpha value is -2.81. The van der Waals surface area contributed by atoms with E-state index in [1.807, 2.05) is 0 Å². The lowest BCUT2D eigenvalue weighted by atomic mass is 10.2. The Kier molecular flexibility index (Phi) is 5.73. The van der Waals surface area contributed by atoms with Gasteiger partial charge < -0.3 is 24.4 Å². The van der Waals surface area contributed by atoms with E-state index in [0.717, 1.165) is 5.69 Å². The first-order chi connectivity index (χ1) is 13.2. The fraction of sp³-hybridized carbons (Fsp3) is 0.526. The highest BCUT2D eigenvalue weighted by molar-refractivity contribution is 5.95. The van der Waals surface area contributed by atoms with E-state index < -0.39 is 23.9 Å². The van der Waals surface area contributed by atoms with Gasteiger partial charge in [0.15, 0.2) is 0 Å². The summed E-state index contributed by atoms with van der Waals surface area (Å²) in [6, 6.07) is 7.11. The molecule has 1 unspecified atom stereocenters. The van der Waals surface area contributed by atoms with Crippen LogP contribution in [0.2, 0.25) is 0 Å². The van der Waals surface area contributed by atoms with E-state index in [1.54, 1.807) is 49.9 Å². The third-order valence-electron chi connectivity index (χ3n) is 4.21. The van der Waals surface area contributed by atoms with Crippen molar-refractivity contribution < 1.29 is 28.6 Å². The van der Waals surface area contributed by atoms with Gasteiger partial charge in [-0.05, 0) is 45.0 Å². The van der Waals surface area contributed by atoms with Gasteiger partial charge in [-0.2, -0.15) is 0 Å². The number of cyclic esters (lactones) is 1. The van der Waals surface area contributed by atoms with Gasteiger partial charge >= 0.3 is 12.2 Å². The lowest BCUT2D eigenvalue weighted by Crippen LogP contribution is -2.41. The van der Waals surface area contributed by atoms with E-state index in [-0.39, 0.29) is 19.1 Å². The van der Waals surface area contributed by atoms with Gasteiger partial charge in [0.05, 0.1) is 19.7 Å². The molecule has 0 aromatic heterocycles. The van der Waals surface area contributed by atoms with E-state index in [9.17, 15) is 14.4 Å². The summed E-state index contributed by atoms with van der Waals surface area (Å²) in [6.07, 6.45) is -1.51. The number of morpholine rings is 1. The van der Waals surface area contributed by atoms with E-state index in [4.69, 9.17) is 14.2 Å². The van der Waals surface area contributed by atoms with Crippen LogP contribution in [0, 0.1) is 0 Å². The molecule has 28 heavy (non-hydrogen) atoms. The number of benzene rings is 1. The van der Waals surface area contributed by atoms with Gasteiger partial charge in [-0.25, -0.2) is 9.59 Å². The lowest BCUT2D eigenvalue weighted by Gasteiger charge is -2.27. The molecule has 2 aliphatic heterocycles. The average molecular weight is 391 g/mol. The summed E-state index contributed by atoms with van der Waals surface area (Å²) in [5, 5.41) is 2.61. The van der Waals surface area contributed by atoms with Crippen molar-refractivity contribution in [3.05, 3.63) is 24.3 Å². The molecule has 3 amide bonds. The second kappa shape index (κ2) is 8.05. The van der Waals surface area contributed by atoms with Crippen LogP contribution in [0.1, 0.15) is 20.8 Å². The molecular weight excluding hydrogens is 366 g/mol. The first kappa shape index (κ1) is 19.9. The molecule has 0 spiro atoms. The van der Waals surface area contributed by atoms with E-state index in [2.05, 4.69) is 5.32 Å². The van der Waals surface area contributed by atoms with E-state index >= 15 is 0 Å². The zero-order chi connectivity index (χ0) is 20.3. The van der Waals surface area contributed by atoms with Crippen molar-refractivity contribution in [1.29, 1.82) is 0 Å². The standard InChI is InChI=1S/C19H25N3O6/c1-19(2,3)28-17(24)20-10-15-11-22(18(25)27-15)14-6-4-13(5-7-14)21-8-9-26-12-16(21)23/h4-7,15H,8-12H2,1-3H3,(H,20,24). The zero-order valence-electron chi connectivity index (χ0n) is 16.3. The zero-order valence-corrected chi connectivity index (χ0v) is 16.3. The Morgan fingerprint density at radius 3 is 2.43 bits per heavy atom. The quantitative estimate of drug-likeness (QED) is 0.842. The van der Waals surface area contributed by atoms with Crippen molar-refractivity contribution in [1.82, 2.24) is 5.32 Å². The summed E-state index contributed by atoms with van der Waals surface area (Å²) in [6.45, 7) is 6.88. The Labute approximate surface area is 163 Å². The second-order valence-corrected chi connectivity index (χ2v) is 7.61. The third kappa shape index (κ3) is 4.92. The van der Waals surface area contributed by atoms with Crippen LogP contribution in [-0.4, -0.2) is 62.6 Å². The van der Waals surface area contributed by atoms with Crippen LogP contribution in [-0.2, 0) is 19.0 Å². The molecule has 0 radical (unpaired) electrons. The molecule has 1 atom stereocenters. The lowest BCUT2D eigenvalue weighted by molar-refractivity contribution is -0.125. The number of nitrogens with zero attached hydrogens (tertiary/aromatic N) is 2. The molecule has 1 aromatic rings. The molecular formula is C19H25N3O6. The van der Waals surface area contributed by atoms with Crippen LogP contribution in [0.5, 0.6) is 0 Å². The Balaban J connectivity index is 1.56. The van der Waals surface area contributed by atoms with Crippen LogP contribution in [0.3, 0.4) is 0 Å². The molecule has 152 valence electrons. The van der Waals surface area contributed by atoms with Crippen molar-refractivity contribution in [2.24, 2.45) is 0 Å². The topological polar surface area (TPSA) is 97.4 Å². The van der Waals surface area contributed by atoms with Gasteiger partial charge in [-0.3, -0.25) is 9.69 Å². The van der Waals surface area contributed by atoms with Crippen LogP contribution < -0.4 is 15.1 Å². The Morgan fingerprint density at radius 1 is 1.18 bits per heavy atom. The monoisotopic (exact) mass is 391 g/mol. The van der Waals surface area contributed by atoms with Gasteiger partial charge in [0.1, 0.15) is 18.3 Å². The van der Waals surface area contributed by atoms with Gasteiger partial charge in [0, 0.05) is 17.9 Å². The first-order valence-electron chi connectivity index (χ1n) is 9.16. The number of hydrogen-bond donors (Lipinski definition) is 1. The van der Waals surface area contributed by atoms with Crippen LogP contribution in [0.15, 0.2) is 24.3 Å². The summed E-state index contributed by atoms with van der Waals surface area (Å²) in [7, 11) is 0. The number of anilines is 2. The SMILES string of the molecule is CC(C)(C)OC(=O)NCC1CN(c2ccc(N3CCOCC3=O)cc2)C(=O)O1. The minimum absolute atomic E-state index is 0.0759. The molecule has 2 aliphatic rings. The Morgan fingerprint density at radius 2 is 1.82 bits per heavy atom. The molecule has 2 heterocycles. The molecule has 2 fully saturated rings. The van der Waals surface area contributed by atoms with Gasteiger partial charge in [-0.1, -0.05) is 0 Å². The minimum atomic E-state index is -0.591. The molecule has 0 saturated carbocycles. The second-order valence-electron chi connectivity index (χ2n) is 7.61. The van der Waals surface area contributed by atoms with Crippen LogP contribution in [0.25, 0.3) is 0 Å². The molecule has 1 N–H and O–H groups in total. The number of ether oxygens (including phenoxy) is 3. The summed E-state index contributed by atoms with van der Waals surface area (Å²) in [5.41, 5.74) is 0.827. The van der Waals surface area contributed by atoms with Crippen molar-refractivity contribution in [2.45, 2.75) is 32.5 Å². The van der Waals surface area contributed by atoms with Crippen molar-refractivity contribution in [3.8, 4) is 0 Å². The molecule has 9 nitrogen and oxygen atoms in total. The largest absolute Gasteiger partial charge is 0.444 e. The molecule has 0 bridgehead atoms. The van der Waals surface area contributed by atoms with Crippen molar-refractivity contribution >= 4 is 29.5 Å². The number of carbonyl (C=O) groups is 3. The predicted octanol–water partition coefficient (Wildman–Crippen LogP) is 1.90. The van der Waals surface area contributed by atoms with Gasteiger partial charge in [0.25, 0.3) is 5.91 Å². The predicted molar refractivity (Wildman–Crippen MR) is 101 cm³/mol. The molecule has 1 aromatic carbocycles. The van der Waals surface area contributed by atoms with Crippen LogP contribution in [0.4, 0.5) is 21.0 Å². The fourth-order valence-electron chi connectivity index (χ4n) is 2.95. The van der Waals surface area contributed by atoms with Crippen molar-refractivity contribution in [3.63, 3.8) is 0 Å². The fourth-order valence-corrected chi connectivity index (χ4v) is 2.95. The highest BCUT2D eigenvalue weighted by Gasteiger charge is 2.33. The van der Waals surface area contributed by atoms with E-state index in [0.29, 0.717) is 25.4 Å². The minimum Gasteiger partial charge on any atom is -0.444 e. The summed E-state index contributed by atoms with van der Waals surface area (Å²) < 4.78 is 15.6. The maximum Gasteiger partial charge on any atom is 0.414 e. The molecule has 0 aliphatic carbocycles. The number of hydrogen-bond acceptors (Lipinski definition) is 6. The van der Waals surface area contributed by atoms with Crippen molar-refractivity contribution in [2.75, 3.05) is 42.6 Å². The average Bonchev–Trinajstić information content (AvgIpc) is 3.00. The maximum absolute atomic E-state index is 12.2. The third-order valence-corrected chi connectivity index (χ3v) is 4.21. The summed E-state index contributed by atoms with van der Waals surface area (Å²) >= 11 is 0. The van der Waals surface area contributed by atoms with E-state index in [1.165, 1.54) is 4.90 Å². The molecule has 3 rings (SSSR count). The number of rotatable bonds is 4. The number of alkyl carbamates (subject to hydrolysis) is 1. The normalized spacial score (nSPS) is 20.2. The van der Waals surface area contributed by atoms with Gasteiger partial charge in [0.2, 0.25) is 0 Å². The number of nitrogens with one attached hydrogen (secondary N) is 1. The molecule has 2 saturated heterocycles. The maximum atomic E-state index is 12.2. The smallest absolute Gasteiger partial charge is 0.414 e. The molecule has 9 heteroatoms.